The number of hydrogen-bond acceptors (Lipinski definition) is 4. The van der Waals surface area contributed by atoms with Gasteiger partial charge in [-0.05, 0) is 24.1 Å². The molecule has 2 aliphatic rings. The second-order valence-corrected chi connectivity index (χ2v) is 6.10. The van der Waals surface area contributed by atoms with Gasteiger partial charge in [0.25, 0.3) is 0 Å². The molecule has 1 aliphatic heterocycles. The molecule has 2 unspecified atom stereocenters. The summed E-state index contributed by atoms with van der Waals surface area (Å²) >= 11 is 0. The van der Waals surface area contributed by atoms with Crippen molar-refractivity contribution in [2.24, 2.45) is 11.1 Å². The molecule has 17 heavy (non-hydrogen) atoms. The molecule has 2 N–H and O–H groups in total. The van der Waals surface area contributed by atoms with Gasteiger partial charge in [-0.25, -0.2) is 13.6 Å². The van der Waals surface area contributed by atoms with E-state index in [4.69, 9.17) is 9.88 Å². The van der Waals surface area contributed by atoms with Gasteiger partial charge >= 0.3 is 5.97 Å². The summed E-state index contributed by atoms with van der Waals surface area (Å²) in [6.07, 6.45) is 0.792. The fourth-order valence-electron chi connectivity index (χ4n) is 2.50. The lowest BCUT2D eigenvalue weighted by molar-refractivity contribution is -0.142. The molecule has 0 bridgehead atoms. The van der Waals surface area contributed by atoms with Gasteiger partial charge in [0.15, 0.2) is 0 Å². The molecule has 0 spiro atoms. The molecule has 2 atom stereocenters. The number of fused-ring (bicyclic) bond motifs is 1. The Morgan fingerprint density at radius 3 is 2.35 bits per heavy atom. The highest BCUT2D eigenvalue weighted by Crippen LogP contribution is 2.58. The van der Waals surface area contributed by atoms with Gasteiger partial charge in [0.2, 0.25) is 10.0 Å². The number of esters is 1. The molecule has 1 aliphatic carbocycles. The minimum absolute atomic E-state index is 0.0567. The van der Waals surface area contributed by atoms with E-state index in [2.05, 4.69) is 0 Å². The SMILES string of the molecule is NS(=O)(=O)c1ccc(C23CC2COC3=O)cc1. The minimum atomic E-state index is -3.68. The number of benzene rings is 1. The highest BCUT2D eigenvalue weighted by Gasteiger charge is 2.66. The summed E-state index contributed by atoms with van der Waals surface area (Å²) in [5.74, 6) is 0.0428. The molecule has 1 aromatic rings. The van der Waals surface area contributed by atoms with Gasteiger partial charge in [0, 0.05) is 5.92 Å². The van der Waals surface area contributed by atoms with Crippen LogP contribution in [0.2, 0.25) is 0 Å². The number of ether oxygens (including phenoxy) is 1. The summed E-state index contributed by atoms with van der Waals surface area (Å²) in [5.41, 5.74) is 0.300. The van der Waals surface area contributed by atoms with Crippen LogP contribution >= 0.6 is 0 Å². The maximum atomic E-state index is 11.7. The van der Waals surface area contributed by atoms with Crippen molar-refractivity contribution in [3.05, 3.63) is 29.8 Å². The van der Waals surface area contributed by atoms with Crippen LogP contribution in [-0.2, 0) is 25.0 Å². The number of carbonyl (C=O) groups is 1. The zero-order chi connectivity index (χ0) is 12.3. The number of carbonyl (C=O) groups excluding carboxylic acids is 1. The molecule has 5 nitrogen and oxygen atoms in total. The highest BCUT2D eigenvalue weighted by molar-refractivity contribution is 7.89. The van der Waals surface area contributed by atoms with E-state index >= 15 is 0 Å². The predicted octanol–water partition coefficient (Wildman–Crippen LogP) is 0.148. The van der Waals surface area contributed by atoms with Crippen LogP contribution in [0, 0.1) is 5.92 Å². The summed E-state index contributed by atoms with van der Waals surface area (Å²) in [7, 11) is -3.68. The van der Waals surface area contributed by atoms with Crippen LogP contribution in [0.5, 0.6) is 0 Å². The van der Waals surface area contributed by atoms with Crippen LogP contribution in [0.15, 0.2) is 29.2 Å². The van der Waals surface area contributed by atoms with Crippen molar-refractivity contribution in [1.29, 1.82) is 0 Å². The molecule has 0 radical (unpaired) electrons. The van der Waals surface area contributed by atoms with Gasteiger partial charge in [-0.3, -0.25) is 4.79 Å². The van der Waals surface area contributed by atoms with Gasteiger partial charge in [-0.15, -0.1) is 0 Å². The number of rotatable bonds is 2. The second-order valence-electron chi connectivity index (χ2n) is 4.54. The Morgan fingerprint density at radius 2 is 1.94 bits per heavy atom. The van der Waals surface area contributed by atoms with Crippen LogP contribution in [0.1, 0.15) is 12.0 Å². The first-order valence-corrected chi connectivity index (χ1v) is 6.80. The number of sulfonamides is 1. The van der Waals surface area contributed by atoms with Crippen molar-refractivity contribution in [1.82, 2.24) is 0 Å². The van der Waals surface area contributed by atoms with Crippen molar-refractivity contribution in [2.75, 3.05) is 6.61 Å². The van der Waals surface area contributed by atoms with Gasteiger partial charge in [0.05, 0.1) is 16.9 Å². The normalized spacial score (nSPS) is 30.9. The lowest BCUT2D eigenvalue weighted by atomic mass is 9.95. The van der Waals surface area contributed by atoms with Crippen LogP contribution in [0.25, 0.3) is 0 Å². The van der Waals surface area contributed by atoms with Gasteiger partial charge in [0.1, 0.15) is 0 Å². The third-order valence-corrected chi connectivity index (χ3v) is 4.51. The average molecular weight is 253 g/mol. The van der Waals surface area contributed by atoms with Crippen molar-refractivity contribution < 1.29 is 17.9 Å². The number of primary sulfonamides is 1. The Labute approximate surface area is 98.6 Å². The Hall–Kier alpha value is -1.40. The second kappa shape index (κ2) is 3.08. The first-order valence-electron chi connectivity index (χ1n) is 5.25. The summed E-state index contributed by atoms with van der Waals surface area (Å²) in [5, 5.41) is 5.01. The highest BCUT2D eigenvalue weighted by atomic mass is 32.2. The number of hydrogen-bond donors (Lipinski definition) is 1. The fourth-order valence-corrected chi connectivity index (χ4v) is 3.01. The third kappa shape index (κ3) is 1.41. The van der Waals surface area contributed by atoms with Gasteiger partial charge in [-0.1, -0.05) is 12.1 Å². The average Bonchev–Trinajstić information content (AvgIpc) is 2.93. The summed E-state index contributed by atoms with van der Waals surface area (Å²) in [6.45, 7) is 0.468. The molecule has 1 aromatic carbocycles. The molecule has 2 fully saturated rings. The van der Waals surface area contributed by atoms with Crippen LogP contribution in [-0.4, -0.2) is 21.0 Å². The van der Waals surface area contributed by atoms with Crippen molar-refractivity contribution in [3.8, 4) is 0 Å². The quantitative estimate of drug-likeness (QED) is 0.760. The Kier molecular flexibility index (Phi) is 1.95. The van der Waals surface area contributed by atoms with E-state index in [1.807, 2.05) is 0 Å². The fraction of sp³-hybridized carbons (Fsp3) is 0.364. The lowest BCUT2D eigenvalue weighted by Crippen LogP contribution is -2.19. The number of cyclic esters (lactones) is 1. The van der Waals surface area contributed by atoms with E-state index in [0.717, 1.165) is 12.0 Å². The van der Waals surface area contributed by atoms with Gasteiger partial charge < -0.3 is 4.74 Å². The van der Waals surface area contributed by atoms with E-state index in [-0.39, 0.29) is 16.8 Å². The predicted molar refractivity (Wildman–Crippen MR) is 58.6 cm³/mol. The Bertz CT molecular complexity index is 592. The third-order valence-electron chi connectivity index (χ3n) is 3.58. The summed E-state index contributed by atoms with van der Waals surface area (Å²) in [4.78, 5) is 11.7. The van der Waals surface area contributed by atoms with Gasteiger partial charge in [-0.2, -0.15) is 0 Å². The van der Waals surface area contributed by atoms with Crippen LogP contribution < -0.4 is 5.14 Å². The van der Waals surface area contributed by atoms with E-state index in [9.17, 15) is 13.2 Å². The molecule has 3 rings (SSSR count). The van der Waals surface area contributed by atoms with Crippen LogP contribution in [0.3, 0.4) is 0 Å². The number of nitrogens with two attached hydrogens (primary N) is 1. The lowest BCUT2D eigenvalue weighted by Gasteiger charge is -2.09. The van der Waals surface area contributed by atoms with E-state index in [1.54, 1.807) is 12.1 Å². The zero-order valence-electron chi connectivity index (χ0n) is 8.92. The molecular formula is C11H11NO4S. The standard InChI is InChI=1S/C11H11NO4S/c12-17(14,15)9-3-1-7(2-4-9)11-5-8(11)6-16-10(11)13/h1-4,8H,5-6H2,(H2,12,14,15). The Morgan fingerprint density at radius 1 is 1.29 bits per heavy atom. The van der Waals surface area contributed by atoms with Crippen LogP contribution in [0.4, 0.5) is 0 Å². The zero-order valence-corrected chi connectivity index (χ0v) is 9.74. The minimum Gasteiger partial charge on any atom is -0.465 e. The Balaban J connectivity index is 2.00. The molecule has 0 amide bonds. The van der Waals surface area contributed by atoms with Crippen molar-refractivity contribution in [2.45, 2.75) is 16.7 Å². The molecule has 6 heteroatoms. The topological polar surface area (TPSA) is 86.5 Å². The first-order chi connectivity index (χ1) is 7.94. The summed E-state index contributed by atoms with van der Waals surface area (Å²) in [6, 6.07) is 6.15. The van der Waals surface area contributed by atoms with Crippen molar-refractivity contribution >= 4 is 16.0 Å². The molecule has 1 saturated carbocycles. The molecule has 1 heterocycles. The van der Waals surface area contributed by atoms with E-state index in [0.29, 0.717) is 6.61 Å². The summed E-state index contributed by atoms with van der Waals surface area (Å²) < 4.78 is 27.2. The maximum absolute atomic E-state index is 11.7. The monoisotopic (exact) mass is 253 g/mol. The van der Waals surface area contributed by atoms with E-state index < -0.39 is 15.4 Å². The molecular weight excluding hydrogens is 242 g/mol. The largest absolute Gasteiger partial charge is 0.465 e. The first kappa shape index (κ1) is 10.7. The van der Waals surface area contributed by atoms with E-state index in [1.165, 1.54) is 12.1 Å². The molecule has 1 saturated heterocycles. The maximum Gasteiger partial charge on any atom is 0.317 e. The smallest absolute Gasteiger partial charge is 0.317 e. The molecule has 90 valence electrons. The van der Waals surface area contributed by atoms with Crippen molar-refractivity contribution in [3.63, 3.8) is 0 Å². The molecule has 0 aromatic heterocycles.